The van der Waals surface area contributed by atoms with Crippen LogP contribution < -0.4 is 5.32 Å². The summed E-state index contributed by atoms with van der Waals surface area (Å²) >= 11 is 1.54. The number of aliphatic carboxylic acids is 1. The van der Waals surface area contributed by atoms with E-state index in [0.717, 1.165) is 11.4 Å². The maximum Gasteiger partial charge on any atom is 0.330 e. The number of hydrogen-bond acceptors (Lipinski definition) is 4. The third-order valence-electron chi connectivity index (χ3n) is 3.22. The summed E-state index contributed by atoms with van der Waals surface area (Å²) in [5.74, 6) is -0.177. The number of carbonyl (C=O) groups excluding carboxylic acids is 1. The normalized spacial score (nSPS) is 22.4. The summed E-state index contributed by atoms with van der Waals surface area (Å²) in [6.45, 7) is 4.27. The molecule has 1 fully saturated rings. The van der Waals surface area contributed by atoms with Gasteiger partial charge in [0.1, 0.15) is 11.2 Å². The van der Waals surface area contributed by atoms with E-state index in [1.54, 1.807) is 29.4 Å². The molecule has 0 aromatic carbocycles. The highest BCUT2D eigenvalue weighted by molar-refractivity contribution is 7.99. The molecule has 1 aliphatic rings. The largest absolute Gasteiger partial charge is 0.479 e. The SMILES string of the molecule is CCn1nc(C)cc1C(=O)NC1(C(=O)O)CCSC1. The van der Waals surface area contributed by atoms with Crippen LogP contribution in [0.2, 0.25) is 0 Å². The van der Waals surface area contributed by atoms with Crippen molar-refractivity contribution < 1.29 is 14.7 Å². The van der Waals surface area contributed by atoms with Gasteiger partial charge in [-0.2, -0.15) is 16.9 Å². The fourth-order valence-electron chi connectivity index (χ4n) is 2.14. The lowest BCUT2D eigenvalue weighted by atomic mass is 9.99. The van der Waals surface area contributed by atoms with E-state index < -0.39 is 11.5 Å². The van der Waals surface area contributed by atoms with Gasteiger partial charge in [-0.15, -0.1) is 0 Å². The number of carboxylic acid groups (broad SMARTS) is 1. The van der Waals surface area contributed by atoms with Gasteiger partial charge in [-0.1, -0.05) is 0 Å². The Morgan fingerprint density at radius 2 is 2.37 bits per heavy atom. The predicted octanol–water partition coefficient (Wildman–Crippen LogP) is 0.902. The maximum atomic E-state index is 12.3. The van der Waals surface area contributed by atoms with Crippen LogP contribution in [0.1, 0.15) is 29.5 Å². The van der Waals surface area contributed by atoms with Gasteiger partial charge in [0.05, 0.1) is 5.69 Å². The van der Waals surface area contributed by atoms with Gasteiger partial charge < -0.3 is 10.4 Å². The minimum absolute atomic E-state index is 0.368. The quantitative estimate of drug-likeness (QED) is 0.857. The molecule has 19 heavy (non-hydrogen) atoms. The van der Waals surface area contributed by atoms with Gasteiger partial charge in [0.2, 0.25) is 0 Å². The molecule has 1 aromatic rings. The van der Waals surface area contributed by atoms with Crippen molar-refractivity contribution in [2.45, 2.75) is 32.4 Å². The van der Waals surface area contributed by atoms with E-state index in [1.165, 1.54) is 0 Å². The number of nitrogens with zero attached hydrogens (tertiary/aromatic N) is 2. The van der Waals surface area contributed by atoms with Gasteiger partial charge in [-0.05, 0) is 32.1 Å². The highest BCUT2D eigenvalue weighted by Crippen LogP contribution is 2.28. The maximum absolute atomic E-state index is 12.3. The Morgan fingerprint density at radius 1 is 1.63 bits per heavy atom. The second-order valence-corrected chi connectivity index (χ2v) is 5.74. The fraction of sp³-hybridized carbons (Fsp3) is 0.583. The summed E-state index contributed by atoms with van der Waals surface area (Å²) in [6.07, 6.45) is 0.456. The third kappa shape index (κ3) is 2.60. The number of aromatic nitrogens is 2. The van der Waals surface area contributed by atoms with Gasteiger partial charge in [0.25, 0.3) is 5.91 Å². The van der Waals surface area contributed by atoms with Crippen LogP contribution in [0.15, 0.2) is 6.07 Å². The first-order valence-corrected chi connectivity index (χ1v) is 7.32. The van der Waals surface area contributed by atoms with Crippen LogP contribution in [0.3, 0.4) is 0 Å². The lowest BCUT2D eigenvalue weighted by Crippen LogP contribution is -2.55. The molecule has 0 aliphatic carbocycles. The van der Waals surface area contributed by atoms with E-state index in [2.05, 4.69) is 10.4 Å². The van der Waals surface area contributed by atoms with Crippen LogP contribution in [-0.4, -0.2) is 43.8 Å². The van der Waals surface area contributed by atoms with Crippen molar-refractivity contribution in [3.05, 3.63) is 17.5 Å². The summed E-state index contributed by atoms with van der Waals surface area (Å²) in [5.41, 5.74) is 0.0214. The Bertz CT molecular complexity index is 506. The van der Waals surface area contributed by atoms with Crippen molar-refractivity contribution >= 4 is 23.6 Å². The standard InChI is InChI=1S/C12H17N3O3S/c1-3-15-9(6-8(2)14-15)10(16)13-12(11(17)18)4-5-19-7-12/h6H,3-5,7H2,1-2H3,(H,13,16)(H,17,18). The molecule has 2 heterocycles. The Kier molecular flexibility index (Phi) is 3.84. The van der Waals surface area contributed by atoms with Gasteiger partial charge in [0, 0.05) is 12.3 Å². The molecular formula is C12H17N3O3S. The molecule has 1 aliphatic heterocycles. The van der Waals surface area contributed by atoms with Crippen LogP contribution in [0, 0.1) is 6.92 Å². The summed E-state index contributed by atoms with van der Waals surface area (Å²) < 4.78 is 1.59. The van der Waals surface area contributed by atoms with E-state index in [9.17, 15) is 14.7 Å². The second-order valence-electron chi connectivity index (χ2n) is 4.63. The number of aryl methyl sites for hydroxylation is 2. The van der Waals surface area contributed by atoms with Crippen molar-refractivity contribution in [2.24, 2.45) is 0 Å². The van der Waals surface area contributed by atoms with E-state index >= 15 is 0 Å². The Balaban J connectivity index is 2.22. The third-order valence-corrected chi connectivity index (χ3v) is 4.41. The smallest absolute Gasteiger partial charge is 0.330 e. The Hall–Kier alpha value is -1.50. The zero-order valence-electron chi connectivity index (χ0n) is 11.0. The number of hydrogen-bond donors (Lipinski definition) is 2. The first-order chi connectivity index (χ1) is 8.98. The first kappa shape index (κ1) is 13.9. The van der Waals surface area contributed by atoms with Crippen LogP contribution in [0.4, 0.5) is 0 Å². The molecule has 104 valence electrons. The topological polar surface area (TPSA) is 84.2 Å². The number of nitrogens with one attached hydrogen (secondary N) is 1. The first-order valence-electron chi connectivity index (χ1n) is 6.16. The minimum Gasteiger partial charge on any atom is -0.479 e. The van der Waals surface area contributed by atoms with Crippen molar-refractivity contribution in [1.29, 1.82) is 0 Å². The molecule has 1 aromatic heterocycles. The highest BCUT2D eigenvalue weighted by Gasteiger charge is 2.43. The van der Waals surface area contributed by atoms with Crippen molar-refractivity contribution in [2.75, 3.05) is 11.5 Å². The second kappa shape index (κ2) is 5.24. The van der Waals surface area contributed by atoms with Gasteiger partial charge >= 0.3 is 5.97 Å². The van der Waals surface area contributed by atoms with Crippen LogP contribution in [0.5, 0.6) is 0 Å². The van der Waals surface area contributed by atoms with E-state index in [0.29, 0.717) is 24.4 Å². The molecule has 6 nitrogen and oxygen atoms in total. The molecule has 2 N–H and O–H groups in total. The van der Waals surface area contributed by atoms with Crippen LogP contribution in [-0.2, 0) is 11.3 Å². The van der Waals surface area contributed by atoms with E-state index in [4.69, 9.17) is 0 Å². The molecule has 0 saturated carbocycles. The lowest BCUT2D eigenvalue weighted by Gasteiger charge is -2.24. The summed E-state index contributed by atoms with van der Waals surface area (Å²) in [7, 11) is 0. The molecule has 0 bridgehead atoms. The molecular weight excluding hydrogens is 266 g/mol. The molecule has 7 heteroatoms. The van der Waals surface area contributed by atoms with Crippen molar-refractivity contribution in [3.8, 4) is 0 Å². The molecule has 1 amide bonds. The average molecular weight is 283 g/mol. The van der Waals surface area contributed by atoms with Crippen LogP contribution >= 0.6 is 11.8 Å². The Morgan fingerprint density at radius 3 is 2.89 bits per heavy atom. The number of thioether (sulfide) groups is 1. The molecule has 1 saturated heterocycles. The molecule has 1 unspecified atom stereocenters. The molecule has 1 atom stereocenters. The van der Waals surface area contributed by atoms with Gasteiger partial charge in [-0.3, -0.25) is 9.48 Å². The minimum atomic E-state index is -1.14. The zero-order valence-corrected chi connectivity index (χ0v) is 11.8. The lowest BCUT2D eigenvalue weighted by molar-refractivity contribution is -0.143. The summed E-state index contributed by atoms with van der Waals surface area (Å²) in [4.78, 5) is 23.7. The number of rotatable bonds is 4. The molecule has 0 spiro atoms. The van der Waals surface area contributed by atoms with E-state index in [1.807, 2.05) is 6.92 Å². The number of amides is 1. The molecule has 0 radical (unpaired) electrons. The van der Waals surface area contributed by atoms with Gasteiger partial charge in [-0.25, -0.2) is 4.79 Å². The van der Waals surface area contributed by atoms with Gasteiger partial charge in [0.15, 0.2) is 0 Å². The van der Waals surface area contributed by atoms with Crippen LogP contribution in [0.25, 0.3) is 0 Å². The monoisotopic (exact) mass is 283 g/mol. The van der Waals surface area contributed by atoms with Crippen molar-refractivity contribution in [3.63, 3.8) is 0 Å². The predicted molar refractivity (Wildman–Crippen MR) is 72.4 cm³/mol. The fourth-order valence-corrected chi connectivity index (χ4v) is 3.46. The average Bonchev–Trinajstić information content (AvgIpc) is 2.96. The summed E-state index contributed by atoms with van der Waals surface area (Å²) in [6, 6.07) is 1.68. The van der Waals surface area contributed by atoms with E-state index in [-0.39, 0.29) is 5.91 Å². The zero-order chi connectivity index (χ0) is 14.0. The number of carbonyl (C=O) groups is 2. The highest BCUT2D eigenvalue weighted by atomic mass is 32.2. The summed E-state index contributed by atoms with van der Waals surface area (Å²) in [5, 5.41) is 16.2. The number of carboxylic acids is 1. The van der Waals surface area contributed by atoms with Crippen molar-refractivity contribution in [1.82, 2.24) is 15.1 Å². The Labute approximate surface area is 115 Å². The molecule has 2 rings (SSSR count).